The molecular formula is C13H25N. The molecule has 14 heavy (non-hydrogen) atoms. The fraction of sp³-hybridized carbons (Fsp3) is 1.00. The molecule has 0 bridgehead atoms. The third-order valence-corrected chi connectivity index (χ3v) is 5.11. The van der Waals surface area contributed by atoms with Gasteiger partial charge in [0.15, 0.2) is 0 Å². The average molecular weight is 195 g/mol. The highest BCUT2D eigenvalue weighted by molar-refractivity contribution is 4.94. The van der Waals surface area contributed by atoms with Crippen LogP contribution in [-0.4, -0.2) is 13.1 Å². The first-order valence-corrected chi connectivity index (χ1v) is 6.49. The second-order valence-electron chi connectivity index (χ2n) is 5.45. The Morgan fingerprint density at radius 3 is 2.36 bits per heavy atom. The highest BCUT2D eigenvalue weighted by atomic mass is 14.9. The van der Waals surface area contributed by atoms with Gasteiger partial charge in [-0.15, -0.1) is 0 Å². The fourth-order valence-electron chi connectivity index (χ4n) is 3.61. The molecule has 0 radical (unpaired) electrons. The smallest absolute Gasteiger partial charge is 0.00462 e. The van der Waals surface area contributed by atoms with Gasteiger partial charge in [-0.1, -0.05) is 26.7 Å². The molecule has 2 rings (SSSR count). The predicted octanol–water partition coefficient (Wildman–Crippen LogP) is 3.20. The van der Waals surface area contributed by atoms with Crippen molar-refractivity contribution in [2.45, 2.75) is 52.4 Å². The zero-order valence-electron chi connectivity index (χ0n) is 9.81. The normalized spacial score (nSPS) is 29.6. The molecule has 1 N–H and O–H groups in total. The monoisotopic (exact) mass is 195 g/mol. The molecule has 1 nitrogen and oxygen atoms in total. The number of rotatable bonds is 3. The van der Waals surface area contributed by atoms with Gasteiger partial charge in [0.2, 0.25) is 0 Å². The van der Waals surface area contributed by atoms with Crippen LogP contribution >= 0.6 is 0 Å². The summed E-state index contributed by atoms with van der Waals surface area (Å²) in [6.45, 7) is 7.44. The molecule has 1 saturated carbocycles. The molecule has 1 heterocycles. The Morgan fingerprint density at radius 2 is 1.93 bits per heavy atom. The molecule has 1 unspecified atom stereocenters. The largest absolute Gasteiger partial charge is 0.317 e. The van der Waals surface area contributed by atoms with Crippen LogP contribution in [0.3, 0.4) is 0 Å². The number of nitrogens with one attached hydrogen (secondary N) is 1. The summed E-state index contributed by atoms with van der Waals surface area (Å²) >= 11 is 0. The molecule has 0 spiro atoms. The van der Waals surface area contributed by atoms with Crippen molar-refractivity contribution in [2.75, 3.05) is 13.1 Å². The van der Waals surface area contributed by atoms with Gasteiger partial charge in [-0.3, -0.25) is 0 Å². The van der Waals surface area contributed by atoms with Crippen LogP contribution in [0, 0.1) is 17.3 Å². The lowest BCUT2D eigenvalue weighted by Gasteiger charge is -2.50. The maximum Gasteiger partial charge on any atom is -0.00462 e. The molecule has 82 valence electrons. The zero-order valence-corrected chi connectivity index (χ0v) is 9.81. The van der Waals surface area contributed by atoms with Crippen molar-refractivity contribution in [3.8, 4) is 0 Å². The van der Waals surface area contributed by atoms with Gasteiger partial charge < -0.3 is 5.32 Å². The Bertz CT molecular complexity index is 172. The van der Waals surface area contributed by atoms with Crippen LogP contribution in [0.5, 0.6) is 0 Å². The molecule has 0 amide bonds. The Morgan fingerprint density at radius 1 is 1.29 bits per heavy atom. The van der Waals surface area contributed by atoms with Crippen molar-refractivity contribution < 1.29 is 0 Å². The van der Waals surface area contributed by atoms with Crippen molar-refractivity contribution in [1.82, 2.24) is 5.32 Å². The summed E-state index contributed by atoms with van der Waals surface area (Å²) in [5, 5.41) is 3.48. The highest BCUT2D eigenvalue weighted by Gasteiger charge is 2.43. The van der Waals surface area contributed by atoms with E-state index < -0.39 is 0 Å². The second kappa shape index (κ2) is 4.22. The summed E-state index contributed by atoms with van der Waals surface area (Å²) in [7, 11) is 0. The van der Waals surface area contributed by atoms with E-state index >= 15 is 0 Å². The molecule has 1 atom stereocenters. The lowest BCUT2D eigenvalue weighted by Crippen LogP contribution is -2.42. The topological polar surface area (TPSA) is 12.0 Å². The first-order valence-electron chi connectivity index (χ1n) is 6.49. The summed E-state index contributed by atoms with van der Waals surface area (Å²) in [5.74, 6) is 1.99. The van der Waals surface area contributed by atoms with Gasteiger partial charge in [0.1, 0.15) is 0 Å². The molecule has 2 aliphatic rings. The average Bonchev–Trinajstić information content (AvgIpc) is 2.18. The molecule has 1 aliphatic heterocycles. The van der Waals surface area contributed by atoms with Gasteiger partial charge in [0, 0.05) is 0 Å². The Balaban J connectivity index is 1.94. The second-order valence-corrected chi connectivity index (χ2v) is 5.45. The molecular weight excluding hydrogens is 170 g/mol. The molecule has 2 fully saturated rings. The minimum absolute atomic E-state index is 0.752. The van der Waals surface area contributed by atoms with Crippen molar-refractivity contribution in [2.24, 2.45) is 17.3 Å². The quantitative estimate of drug-likeness (QED) is 0.729. The van der Waals surface area contributed by atoms with Crippen molar-refractivity contribution >= 4 is 0 Å². The minimum Gasteiger partial charge on any atom is -0.317 e. The summed E-state index contributed by atoms with van der Waals surface area (Å²) in [6.07, 6.45) is 8.76. The van der Waals surface area contributed by atoms with Crippen LogP contribution in [0.15, 0.2) is 0 Å². The number of piperidine rings is 1. The van der Waals surface area contributed by atoms with Crippen LogP contribution in [0.2, 0.25) is 0 Å². The van der Waals surface area contributed by atoms with E-state index in [4.69, 9.17) is 0 Å². The number of hydrogen-bond acceptors (Lipinski definition) is 1. The summed E-state index contributed by atoms with van der Waals surface area (Å²) in [4.78, 5) is 0. The van der Waals surface area contributed by atoms with Gasteiger partial charge >= 0.3 is 0 Å². The Hall–Kier alpha value is -0.0400. The van der Waals surface area contributed by atoms with E-state index in [2.05, 4.69) is 19.2 Å². The summed E-state index contributed by atoms with van der Waals surface area (Å²) < 4.78 is 0. The minimum atomic E-state index is 0.752. The van der Waals surface area contributed by atoms with Gasteiger partial charge in [0.25, 0.3) is 0 Å². The molecule has 0 aromatic heterocycles. The first-order chi connectivity index (χ1) is 6.78. The lowest BCUT2D eigenvalue weighted by atomic mass is 9.56. The Kier molecular flexibility index (Phi) is 3.16. The maximum absolute atomic E-state index is 3.48. The van der Waals surface area contributed by atoms with E-state index in [0.717, 1.165) is 17.3 Å². The van der Waals surface area contributed by atoms with E-state index in [9.17, 15) is 0 Å². The third-order valence-electron chi connectivity index (χ3n) is 5.11. The Labute approximate surface area is 88.7 Å². The van der Waals surface area contributed by atoms with E-state index in [1.54, 1.807) is 0 Å². The summed E-state index contributed by atoms with van der Waals surface area (Å²) in [5.41, 5.74) is 0.752. The van der Waals surface area contributed by atoms with E-state index in [1.807, 2.05) is 0 Å². The van der Waals surface area contributed by atoms with Crippen molar-refractivity contribution in [1.29, 1.82) is 0 Å². The van der Waals surface area contributed by atoms with Gasteiger partial charge in [-0.2, -0.15) is 0 Å². The van der Waals surface area contributed by atoms with Gasteiger partial charge in [-0.05, 0) is 56.0 Å². The predicted molar refractivity (Wildman–Crippen MR) is 61.3 cm³/mol. The first kappa shape index (κ1) is 10.5. The molecule has 0 aromatic rings. The van der Waals surface area contributed by atoms with Crippen LogP contribution in [0.1, 0.15) is 52.4 Å². The van der Waals surface area contributed by atoms with E-state index in [-0.39, 0.29) is 0 Å². The fourth-order valence-corrected chi connectivity index (χ4v) is 3.61. The highest BCUT2D eigenvalue weighted by Crippen LogP contribution is 2.53. The maximum atomic E-state index is 3.48. The SMILES string of the molecule is CCC1(C(C)C2CCNCC2)CCC1. The standard InChI is InChI=1S/C13H25N/c1-3-13(7-4-8-13)11(2)12-5-9-14-10-6-12/h11-12,14H,3-10H2,1-2H3. The van der Waals surface area contributed by atoms with Crippen molar-refractivity contribution in [3.05, 3.63) is 0 Å². The summed E-state index contributed by atoms with van der Waals surface area (Å²) in [6, 6.07) is 0. The molecule has 0 aromatic carbocycles. The van der Waals surface area contributed by atoms with Crippen LogP contribution in [0.4, 0.5) is 0 Å². The van der Waals surface area contributed by atoms with E-state index in [0.29, 0.717) is 0 Å². The van der Waals surface area contributed by atoms with Crippen LogP contribution < -0.4 is 5.32 Å². The molecule has 1 saturated heterocycles. The number of hydrogen-bond donors (Lipinski definition) is 1. The third kappa shape index (κ3) is 1.71. The van der Waals surface area contributed by atoms with Gasteiger partial charge in [0.05, 0.1) is 0 Å². The van der Waals surface area contributed by atoms with Crippen LogP contribution in [-0.2, 0) is 0 Å². The molecule has 1 aliphatic carbocycles. The van der Waals surface area contributed by atoms with E-state index in [1.165, 1.54) is 51.6 Å². The zero-order chi connectivity index (χ0) is 10.0. The van der Waals surface area contributed by atoms with Gasteiger partial charge in [-0.25, -0.2) is 0 Å². The van der Waals surface area contributed by atoms with Crippen LogP contribution in [0.25, 0.3) is 0 Å². The lowest BCUT2D eigenvalue weighted by molar-refractivity contribution is 0.0101. The molecule has 1 heteroatoms. The van der Waals surface area contributed by atoms with Crippen molar-refractivity contribution in [3.63, 3.8) is 0 Å².